The average molecular weight is 203 g/mol. The van der Waals surface area contributed by atoms with Gasteiger partial charge in [0.15, 0.2) is 0 Å². The van der Waals surface area contributed by atoms with Gasteiger partial charge < -0.3 is 4.57 Å². The zero-order valence-corrected chi connectivity index (χ0v) is 9.51. The lowest BCUT2D eigenvalue weighted by atomic mass is 10.1. The molecule has 15 heavy (non-hydrogen) atoms. The van der Waals surface area contributed by atoms with Crippen LogP contribution in [-0.4, -0.2) is 15.8 Å². The Labute approximate surface area is 90.9 Å². The fourth-order valence-corrected chi connectivity index (χ4v) is 1.21. The van der Waals surface area contributed by atoms with E-state index in [2.05, 4.69) is 30.4 Å². The number of rotatable bonds is 4. The van der Waals surface area contributed by atoms with Crippen molar-refractivity contribution >= 4 is 18.5 Å². The third-order valence-electron chi connectivity index (χ3n) is 2.02. The lowest BCUT2D eigenvalue weighted by Crippen LogP contribution is -1.96. The molecule has 0 radical (unpaired) electrons. The summed E-state index contributed by atoms with van der Waals surface area (Å²) in [4.78, 5) is 8.48. The van der Waals surface area contributed by atoms with Gasteiger partial charge in [0.2, 0.25) is 0 Å². The Morgan fingerprint density at radius 1 is 1.60 bits per heavy atom. The summed E-state index contributed by atoms with van der Waals surface area (Å²) in [5.74, 6) is 1.22. The van der Waals surface area contributed by atoms with Crippen LogP contribution in [0, 0.1) is 5.92 Å². The molecule has 0 bridgehead atoms. The van der Waals surface area contributed by atoms with Crippen LogP contribution in [0.5, 0.6) is 0 Å². The highest BCUT2D eigenvalue weighted by molar-refractivity contribution is 5.57. The lowest BCUT2D eigenvalue weighted by Gasteiger charge is -2.06. The standard InChI is InChI=1S/C12H17N3/c1-5-12-14-7-8-15(12)9-11(10(3)4)13-6-2/h5-10H,1H2,2-4H3/b11-9-,13-6+. The van der Waals surface area contributed by atoms with E-state index < -0.39 is 0 Å². The van der Waals surface area contributed by atoms with Crippen LogP contribution in [0.15, 0.2) is 29.7 Å². The maximum Gasteiger partial charge on any atom is 0.136 e. The summed E-state index contributed by atoms with van der Waals surface area (Å²) < 4.78 is 1.93. The number of nitrogens with zero attached hydrogens (tertiary/aromatic N) is 3. The summed E-state index contributed by atoms with van der Waals surface area (Å²) in [6.45, 7) is 9.86. The molecule has 0 aromatic carbocycles. The molecule has 1 aromatic rings. The van der Waals surface area contributed by atoms with Gasteiger partial charge in [0.25, 0.3) is 0 Å². The quantitative estimate of drug-likeness (QED) is 0.692. The van der Waals surface area contributed by atoms with Gasteiger partial charge in [-0.05, 0) is 18.9 Å². The molecular formula is C12H17N3. The van der Waals surface area contributed by atoms with E-state index in [0.717, 1.165) is 11.5 Å². The lowest BCUT2D eigenvalue weighted by molar-refractivity contribution is 0.759. The van der Waals surface area contributed by atoms with Crippen LogP contribution in [0.4, 0.5) is 0 Å². The highest BCUT2D eigenvalue weighted by Gasteiger charge is 2.02. The van der Waals surface area contributed by atoms with Gasteiger partial charge in [-0.25, -0.2) is 4.98 Å². The predicted octanol–water partition coefficient (Wildman–Crippen LogP) is 3.07. The molecule has 3 heteroatoms. The van der Waals surface area contributed by atoms with Crippen LogP contribution < -0.4 is 0 Å². The molecule has 0 amide bonds. The molecule has 0 saturated carbocycles. The summed E-state index contributed by atoms with van der Waals surface area (Å²) in [5, 5.41) is 0. The highest BCUT2D eigenvalue weighted by Crippen LogP contribution is 2.13. The molecular weight excluding hydrogens is 186 g/mol. The van der Waals surface area contributed by atoms with E-state index in [1.54, 1.807) is 18.5 Å². The van der Waals surface area contributed by atoms with Crippen molar-refractivity contribution in [2.24, 2.45) is 10.9 Å². The fourth-order valence-electron chi connectivity index (χ4n) is 1.21. The van der Waals surface area contributed by atoms with Crippen LogP contribution in [-0.2, 0) is 0 Å². The Kier molecular flexibility index (Phi) is 4.03. The van der Waals surface area contributed by atoms with Crippen molar-refractivity contribution in [1.82, 2.24) is 9.55 Å². The monoisotopic (exact) mass is 203 g/mol. The minimum absolute atomic E-state index is 0.390. The van der Waals surface area contributed by atoms with Gasteiger partial charge in [0.05, 0.1) is 5.70 Å². The SMILES string of the molecule is C=Cc1nccn1/C=C(\N=C\C)C(C)C. The van der Waals surface area contributed by atoms with Crippen LogP contribution in [0.3, 0.4) is 0 Å². The van der Waals surface area contributed by atoms with Crippen molar-refractivity contribution < 1.29 is 0 Å². The molecule has 3 nitrogen and oxygen atoms in total. The number of hydrogen-bond donors (Lipinski definition) is 0. The second-order valence-electron chi connectivity index (χ2n) is 3.49. The Morgan fingerprint density at radius 2 is 2.33 bits per heavy atom. The van der Waals surface area contributed by atoms with Crippen LogP contribution in [0.1, 0.15) is 26.6 Å². The summed E-state index contributed by atoms with van der Waals surface area (Å²) in [7, 11) is 0. The van der Waals surface area contributed by atoms with Crippen molar-refractivity contribution in [3.63, 3.8) is 0 Å². The molecule has 0 aliphatic carbocycles. The summed E-state index contributed by atoms with van der Waals surface area (Å²) in [6, 6.07) is 0. The van der Waals surface area contributed by atoms with E-state index in [9.17, 15) is 0 Å². The molecule has 0 N–H and O–H groups in total. The van der Waals surface area contributed by atoms with Gasteiger partial charge in [-0.1, -0.05) is 20.4 Å². The van der Waals surface area contributed by atoms with E-state index in [1.165, 1.54) is 0 Å². The zero-order valence-electron chi connectivity index (χ0n) is 9.51. The minimum Gasteiger partial charge on any atom is -0.305 e. The molecule has 0 spiro atoms. The molecule has 0 fully saturated rings. The number of imidazole rings is 1. The number of aliphatic imine (C=N–C) groups is 1. The van der Waals surface area contributed by atoms with Crippen molar-refractivity contribution in [3.05, 3.63) is 30.5 Å². The van der Waals surface area contributed by atoms with Crippen molar-refractivity contribution in [2.75, 3.05) is 0 Å². The molecule has 0 unspecified atom stereocenters. The largest absolute Gasteiger partial charge is 0.305 e. The molecule has 0 aliphatic heterocycles. The molecule has 1 heterocycles. The normalized spacial score (nSPS) is 12.7. The van der Waals surface area contributed by atoms with Gasteiger partial charge in [-0.2, -0.15) is 0 Å². The molecule has 1 aromatic heterocycles. The van der Waals surface area contributed by atoms with Crippen molar-refractivity contribution in [2.45, 2.75) is 20.8 Å². The van der Waals surface area contributed by atoms with Crippen molar-refractivity contribution in [1.29, 1.82) is 0 Å². The maximum absolute atomic E-state index is 4.33. The van der Waals surface area contributed by atoms with Gasteiger partial charge >= 0.3 is 0 Å². The predicted molar refractivity (Wildman–Crippen MR) is 65.6 cm³/mol. The van der Waals surface area contributed by atoms with E-state index in [1.807, 2.05) is 23.9 Å². The second kappa shape index (κ2) is 5.29. The average Bonchev–Trinajstić information content (AvgIpc) is 2.64. The van der Waals surface area contributed by atoms with E-state index in [-0.39, 0.29) is 0 Å². The third kappa shape index (κ3) is 2.91. The molecule has 0 saturated heterocycles. The summed E-state index contributed by atoms with van der Waals surface area (Å²) in [6.07, 6.45) is 9.15. The van der Waals surface area contributed by atoms with E-state index in [0.29, 0.717) is 5.92 Å². The van der Waals surface area contributed by atoms with Gasteiger partial charge in [-0.3, -0.25) is 4.99 Å². The van der Waals surface area contributed by atoms with Gasteiger partial charge in [-0.15, -0.1) is 0 Å². The Morgan fingerprint density at radius 3 is 2.87 bits per heavy atom. The number of hydrogen-bond acceptors (Lipinski definition) is 2. The first-order valence-electron chi connectivity index (χ1n) is 5.04. The second-order valence-corrected chi connectivity index (χ2v) is 3.49. The number of allylic oxidation sites excluding steroid dienone is 1. The highest BCUT2D eigenvalue weighted by atomic mass is 15.0. The maximum atomic E-state index is 4.33. The Hall–Kier alpha value is -1.64. The first-order valence-corrected chi connectivity index (χ1v) is 5.04. The van der Waals surface area contributed by atoms with Crippen LogP contribution in [0.2, 0.25) is 0 Å². The smallest absolute Gasteiger partial charge is 0.136 e. The Bertz CT molecular complexity index is 383. The van der Waals surface area contributed by atoms with Gasteiger partial charge in [0, 0.05) is 24.8 Å². The molecule has 0 atom stereocenters. The number of aromatic nitrogens is 2. The summed E-state index contributed by atoms with van der Waals surface area (Å²) >= 11 is 0. The topological polar surface area (TPSA) is 30.2 Å². The first-order chi connectivity index (χ1) is 7.19. The zero-order chi connectivity index (χ0) is 11.3. The minimum atomic E-state index is 0.390. The first kappa shape index (κ1) is 11.4. The Balaban J connectivity index is 3.06. The summed E-state index contributed by atoms with van der Waals surface area (Å²) in [5.41, 5.74) is 1.03. The third-order valence-corrected chi connectivity index (χ3v) is 2.02. The molecule has 0 aliphatic rings. The van der Waals surface area contributed by atoms with Crippen molar-refractivity contribution in [3.8, 4) is 0 Å². The van der Waals surface area contributed by atoms with E-state index >= 15 is 0 Å². The molecule has 1 rings (SSSR count). The van der Waals surface area contributed by atoms with E-state index in [4.69, 9.17) is 0 Å². The van der Waals surface area contributed by atoms with Crippen LogP contribution in [0.25, 0.3) is 12.3 Å². The fraction of sp³-hybridized carbons (Fsp3) is 0.333. The van der Waals surface area contributed by atoms with Gasteiger partial charge in [0.1, 0.15) is 5.82 Å². The molecule has 80 valence electrons. The van der Waals surface area contributed by atoms with Crippen LogP contribution >= 0.6 is 0 Å².